The van der Waals surface area contributed by atoms with E-state index >= 15 is 0 Å². The van der Waals surface area contributed by atoms with Crippen LogP contribution in [0.3, 0.4) is 0 Å². The number of carbonyl (C=O) groups is 2. The summed E-state index contributed by atoms with van der Waals surface area (Å²) in [5, 5.41) is 8.52. The second-order valence-electron chi connectivity index (χ2n) is 9.08. The topological polar surface area (TPSA) is 70.2 Å². The minimum atomic E-state index is -5.02. The van der Waals surface area contributed by atoms with Crippen LogP contribution < -0.4 is 16.0 Å². The minimum absolute atomic E-state index is 0.0116. The molecule has 1 fully saturated rings. The Labute approximate surface area is 206 Å². The van der Waals surface area contributed by atoms with E-state index in [1.807, 2.05) is 13.8 Å². The first-order chi connectivity index (χ1) is 16.7. The van der Waals surface area contributed by atoms with E-state index in [9.17, 15) is 35.9 Å². The maximum Gasteiger partial charge on any atom is 0.416 e. The molecular weight excluding hydrogens is 488 g/mol. The zero-order chi connectivity index (χ0) is 27.1. The molecule has 0 heterocycles. The van der Waals surface area contributed by atoms with E-state index in [4.69, 9.17) is 6.42 Å². The number of amides is 2. The van der Waals surface area contributed by atoms with Gasteiger partial charge in [-0.25, -0.2) is 0 Å². The molecule has 0 bridgehead atoms. The van der Waals surface area contributed by atoms with Crippen LogP contribution in [0.1, 0.15) is 73.9 Å². The van der Waals surface area contributed by atoms with Crippen molar-refractivity contribution < 1.29 is 35.9 Å². The zero-order valence-corrected chi connectivity index (χ0v) is 20.2. The second-order valence-corrected chi connectivity index (χ2v) is 9.08. The van der Waals surface area contributed by atoms with Crippen molar-refractivity contribution in [2.45, 2.75) is 76.3 Å². The van der Waals surface area contributed by atoms with Gasteiger partial charge in [0.25, 0.3) is 5.91 Å². The molecule has 0 atom stereocenters. The number of rotatable bonds is 9. The van der Waals surface area contributed by atoms with Gasteiger partial charge >= 0.3 is 12.4 Å². The van der Waals surface area contributed by atoms with Crippen molar-refractivity contribution in [2.75, 3.05) is 13.1 Å². The Morgan fingerprint density at radius 2 is 1.47 bits per heavy atom. The molecule has 0 saturated heterocycles. The molecule has 2 amide bonds. The summed E-state index contributed by atoms with van der Waals surface area (Å²) in [6.45, 7) is 4.03. The third-order valence-corrected chi connectivity index (χ3v) is 6.66. The highest BCUT2D eigenvalue weighted by Gasteiger charge is 2.37. The molecule has 11 heteroatoms. The van der Waals surface area contributed by atoms with E-state index in [1.165, 1.54) is 0 Å². The first kappa shape index (κ1) is 29.5. The summed E-state index contributed by atoms with van der Waals surface area (Å²) in [5.41, 5.74) is -4.43. The quantitative estimate of drug-likeness (QED) is 0.321. The van der Waals surface area contributed by atoms with Crippen molar-refractivity contribution in [2.24, 2.45) is 5.92 Å². The number of alkyl halides is 6. The summed E-state index contributed by atoms with van der Waals surface area (Å²) >= 11 is 0. The Bertz CT molecular complexity index is 924. The van der Waals surface area contributed by atoms with Gasteiger partial charge in [-0.1, -0.05) is 19.8 Å². The fourth-order valence-electron chi connectivity index (χ4n) is 4.21. The summed E-state index contributed by atoms with van der Waals surface area (Å²) in [7, 11) is 0. The Morgan fingerprint density at radius 3 is 1.92 bits per heavy atom. The monoisotopic (exact) mass is 519 g/mol. The Kier molecular flexibility index (Phi) is 9.83. The van der Waals surface area contributed by atoms with Gasteiger partial charge in [-0.2, -0.15) is 26.3 Å². The summed E-state index contributed by atoms with van der Waals surface area (Å²) in [6, 6.07) is 0.900. The lowest BCUT2D eigenvalue weighted by Crippen LogP contribution is -2.50. The van der Waals surface area contributed by atoms with E-state index in [1.54, 1.807) is 0 Å². The van der Waals surface area contributed by atoms with Gasteiger partial charge in [0.15, 0.2) is 0 Å². The second kappa shape index (κ2) is 12.0. The Hall–Kier alpha value is -2.74. The largest absolute Gasteiger partial charge is 0.416 e. The van der Waals surface area contributed by atoms with E-state index in [-0.39, 0.29) is 37.0 Å². The van der Waals surface area contributed by atoms with Crippen LogP contribution in [0.25, 0.3) is 0 Å². The van der Waals surface area contributed by atoms with E-state index < -0.39 is 40.5 Å². The molecule has 0 spiro atoms. The SMILES string of the molecule is C#CC(CC)(CC)NC(=O)CN[C@H]1CC[C@@H](CNC(=O)c2cc(C(F)(F)F)cc(C(F)(F)F)c2)CC1. The smallest absolute Gasteiger partial charge is 0.352 e. The number of terminal acetylenes is 1. The summed E-state index contributed by atoms with van der Waals surface area (Å²) in [4.78, 5) is 24.6. The van der Waals surface area contributed by atoms with Gasteiger partial charge in [0.1, 0.15) is 5.54 Å². The lowest BCUT2D eigenvalue weighted by atomic mass is 9.86. The summed E-state index contributed by atoms with van der Waals surface area (Å²) in [6.07, 6.45) is -0.499. The molecule has 2 rings (SSSR count). The molecule has 1 aromatic carbocycles. The summed E-state index contributed by atoms with van der Waals surface area (Å²) in [5.74, 6) is 1.46. The number of hydrogen-bond acceptors (Lipinski definition) is 3. The molecule has 5 nitrogen and oxygen atoms in total. The zero-order valence-electron chi connectivity index (χ0n) is 20.2. The van der Waals surface area contributed by atoms with Crippen molar-refractivity contribution in [3.63, 3.8) is 0 Å². The van der Waals surface area contributed by atoms with Crippen molar-refractivity contribution >= 4 is 11.8 Å². The first-order valence-corrected chi connectivity index (χ1v) is 11.8. The van der Waals surface area contributed by atoms with Crippen LogP contribution in [0.2, 0.25) is 0 Å². The standard InChI is InChI=1S/C25H31F6N3O2/c1-4-23(5-2,6-3)34-21(35)15-32-20-9-7-16(8-10-20)14-33-22(36)17-11-18(24(26,27)28)13-19(12-17)25(29,30)31/h1,11-13,16,20,32H,5-10,14-15H2,2-3H3,(H,33,36)(H,34,35)/t16-,20+. The predicted molar refractivity (Wildman–Crippen MR) is 123 cm³/mol. The van der Waals surface area contributed by atoms with Crippen LogP contribution >= 0.6 is 0 Å². The molecule has 1 aliphatic rings. The highest BCUT2D eigenvalue weighted by molar-refractivity contribution is 5.94. The maximum absolute atomic E-state index is 13.0. The van der Waals surface area contributed by atoms with Gasteiger partial charge in [0, 0.05) is 18.2 Å². The number of halogens is 6. The first-order valence-electron chi connectivity index (χ1n) is 11.8. The van der Waals surface area contributed by atoms with E-state index in [0.29, 0.717) is 50.7 Å². The van der Waals surface area contributed by atoms with Gasteiger partial charge in [0.2, 0.25) is 5.91 Å². The van der Waals surface area contributed by atoms with E-state index in [0.717, 1.165) is 0 Å². The van der Waals surface area contributed by atoms with Crippen LogP contribution in [-0.2, 0) is 17.1 Å². The molecule has 1 aliphatic carbocycles. The highest BCUT2D eigenvalue weighted by Crippen LogP contribution is 2.36. The van der Waals surface area contributed by atoms with Crippen LogP contribution in [0, 0.1) is 18.3 Å². The van der Waals surface area contributed by atoms with Crippen molar-refractivity contribution in [1.82, 2.24) is 16.0 Å². The van der Waals surface area contributed by atoms with Gasteiger partial charge in [-0.3, -0.25) is 9.59 Å². The van der Waals surface area contributed by atoms with Crippen LogP contribution in [0.5, 0.6) is 0 Å². The predicted octanol–water partition coefficient (Wildman–Crippen LogP) is 4.91. The average molecular weight is 520 g/mol. The normalized spacial score (nSPS) is 18.9. The Balaban J connectivity index is 1.86. The Morgan fingerprint density at radius 1 is 0.944 bits per heavy atom. The lowest BCUT2D eigenvalue weighted by Gasteiger charge is -2.30. The maximum atomic E-state index is 13.0. The molecule has 0 aromatic heterocycles. The highest BCUT2D eigenvalue weighted by atomic mass is 19.4. The van der Waals surface area contributed by atoms with Crippen LogP contribution in [0.4, 0.5) is 26.3 Å². The molecule has 1 aromatic rings. The van der Waals surface area contributed by atoms with Gasteiger partial charge < -0.3 is 16.0 Å². The van der Waals surface area contributed by atoms with Gasteiger partial charge in [-0.05, 0) is 62.6 Å². The molecule has 0 unspecified atom stereocenters. The third kappa shape index (κ3) is 8.15. The fraction of sp³-hybridized carbons (Fsp3) is 0.600. The van der Waals surface area contributed by atoms with Crippen molar-refractivity contribution in [3.05, 3.63) is 34.9 Å². The van der Waals surface area contributed by atoms with Crippen molar-refractivity contribution in [1.29, 1.82) is 0 Å². The minimum Gasteiger partial charge on any atom is -0.352 e. The number of nitrogens with one attached hydrogen (secondary N) is 3. The van der Waals surface area contributed by atoms with Crippen LogP contribution in [-0.4, -0.2) is 36.5 Å². The molecule has 3 N–H and O–H groups in total. The third-order valence-electron chi connectivity index (χ3n) is 6.66. The van der Waals surface area contributed by atoms with Crippen molar-refractivity contribution in [3.8, 4) is 12.3 Å². The van der Waals surface area contributed by atoms with Crippen LogP contribution in [0.15, 0.2) is 18.2 Å². The molecular formula is C25H31F6N3O2. The van der Waals surface area contributed by atoms with E-state index in [2.05, 4.69) is 21.9 Å². The molecule has 36 heavy (non-hydrogen) atoms. The van der Waals surface area contributed by atoms with Gasteiger partial charge in [-0.15, -0.1) is 6.42 Å². The average Bonchev–Trinajstić information content (AvgIpc) is 2.84. The van der Waals surface area contributed by atoms with Gasteiger partial charge in [0.05, 0.1) is 17.7 Å². The molecule has 0 radical (unpaired) electrons. The number of hydrogen-bond donors (Lipinski definition) is 3. The lowest BCUT2D eigenvalue weighted by molar-refractivity contribution is -0.143. The number of benzene rings is 1. The fourth-order valence-corrected chi connectivity index (χ4v) is 4.21. The number of carbonyl (C=O) groups excluding carboxylic acids is 2. The summed E-state index contributed by atoms with van der Waals surface area (Å²) < 4.78 is 78.1. The molecule has 0 aliphatic heterocycles. The molecule has 1 saturated carbocycles. The molecule has 200 valence electrons.